The molecule has 0 saturated carbocycles. The Bertz CT molecular complexity index is 703. The zero-order valence-electron chi connectivity index (χ0n) is 11.1. The van der Waals surface area contributed by atoms with Crippen molar-refractivity contribution < 1.29 is 21.6 Å². The van der Waals surface area contributed by atoms with E-state index in [-0.39, 0.29) is 33.0 Å². The minimum absolute atomic E-state index is 0.0151. The fourth-order valence-electron chi connectivity index (χ4n) is 1.31. The van der Waals surface area contributed by atoms with Crippen molar-refractivity contribution in [3.63, 3.8) is 0 Å². The van der Waals surface area contributed by atoms with Gasteiger partial charge in [-0.1, -0.05) is 23.2 Å². The van der Waals surface area contributed by atoms with Crippen LogP contribution in [0.2, 0.25) is 10.0 Å². The molecule has 0 saturated heterocycles. The highest BCUT2D eigenvalue weighted by Crippen LogP contribution is 2.36. The molecule has 10 heteroatoms. The van der Waals surface area contributed by atoms with E-state index in [9.17, 15) is 16.8 Å². The smallest absolute Gasteiger partial charge is 0.261 e. The van der Waals surface area contributed by atoms with Gasteiger partial charge in [-0.3, -0.25) is 0 Å². The summed E-state index contributed by atoms with van der Waals surface area (Å²) in [5.41, 5.74) is 0. The second-order valence-corrected chi connectivity index (χ2v) is 10.5. The van der Waals surface area contributed by atoms with Crippen LogP contribution in [0.5, 0.6) is 5.75 Å². The van der Waals surface area contributed by atoms with E-state index in [1.807, 2.05) is 0 Å². The minimum Gasteiger partial charge on any atom is -0.489 e. The van der Waals surface area contributed by atoms with E-state index >= 15 is 0 Å². The lowest BCUT2D eigenvalue weighted by atomic mass is 10.3. The number of rotatable bonds is 6. The molecule has 0 N–H and O–H groups in total. The van der Waals surface area contributed by atoms with Gasteiger partial charge in [-0.25, -0.2) is 16.8 Å². The quantitative estimate of drug-likeness (QED) is 0.692. The molecule has 1 aromatic carbocycles. The fourth-order valence-corrected chi connectivity index (χ4v) is 3.61. The summed E-state index contributed by atoms with van der Waals surface area (Å²) in [5.74, 6) is -0.186. The summed E-state index contributed by atoms with van der Waals surface area (Å²) < 4.78 is 50.9. The van der Waals surface area contributed by atoms with E-state index in [0.29, 0.717) is 0 Å². The molecule has 0 fully saturated rings. The number of sulfone groups is 1. The van der Waals surface area contributed by atoms with Crippen LogP contribution in [-0.4, -0.2) is 34.4 Å². The Balaban J connectivity index is 2.92. The van der Waals surface area contributed by atoms with Gasteiger partial charge >= 0.3 is 0 Å². The van der Waals surface area contributed by atoms with Crippen LogP contribution in [0.15, 0.2) is 17.0 Å². The summed E-state index contributed by atoms with van der Waals surface area (Å²) in [5, 5.41) is -0.650. The van der Waals surface area contributed by atoms with Crippen LogP contribution in [0.4, 0.5) is 0 Å². The first kappa shape index (κ1) is 18.8. The summed E-state index contributed by atoms with van der Waals surface area (Å²) in [6, 6.07) is 2.17. The average Bonchev–Trinajstić information content (AvgIpc) is 2.30. The van der Waals surface area contributed by atoms with Gasteiger partial charge < -0.3 is 4.74 Å². The minimum atomic E-state index is -3.97. The summed E-state index contributed by atoms with van der Waals surface area (Å²) in [6.45, 7) is 2.98. The average molecular weight is 396 g/mol. The van der Waals surface area contributed by atoms with Crippen LogP contribution in [0.25, 0.3) is 0 Å². The maximum absolute atomic E-state index is 11.6. The van der Waals surface area contributed by atoms with Gasteiger partial charge in [-0.05, 0) is 26.0 Å². The zero-order chi connectivity index (χ0) is 16.4. The molecule has 0 radical (unpaired) electrons. The van der Waals surface area contributed by atoms with E-state index in [2.05, 4.69) is 0 Å². The zero-order valence-corrected chi connectivity index (χ0v) is 15.0. The first-order valence-corrected chi connectivity index (χ1v) is 10.5. The summed E-state index contributed by atoms with van der Waals surface area (Å²) in [7, 11) is -2.03. The van der Waals surface area contributed by atoms with Crippen LogP contribution in [0.3, 0.4) is 0 Å². The molecule has 0 aromatic heterocycles. The highest BCUT2D eigenvalue weighted by atomic mass is 35.7. The van der Waals surface area contributed by atoms with E-state index in [1.165, 1.54) is 0 Å². The Morgan fingerprint density at radius 2 is 1.57 bits per heavy atom. The number of hydrogen-bond donors (Lipinski definition) is 0. The second-order valence-electron chi connectivity index (χ2n) is 4.42. The monoisotopic (exact) mass is 394 g/mol. The molecule has 0 aliphatic rings. The van der Waals surface area contributed by atoms with Crippen LogP contribution in [-0.2, 0) is 18.9 Å². The molecule has 0 bridgehead atoms. The lowest BCUT2D eigenvalue weighted by Crippen LogP contribution is -2.22. The van der Waals surface area contributed by atoms with Crippen molar-refractivity contribution in [2.24, 2.45) is 0 Å². The highest BCUT2D eigenvalue weighted by molar-refractivity contribution is 8.13. The number of halogens is 3. The molecule has 0 spiro atoms. The predicted octanol–water partition coefficient (Wildman–Crippen LogP) is 3.12. The molecule has 1 aromatic rings. The van der Waals surface area contributed by atoms with Crippen molar-refractivity contribution in [1.29, 1.82) is 0 Å². The van der Waals surface area contributed by atoms with Crippen molar-refractivity contribution >= 4 is 52.8 Å². The van der Waals surface area contributed by atoms with Gasteiger partial charge in [-0.15, -0.1) is 0 Å². The molecule has 0 amide bonds. The third-order valence-corrected chi connectivity index (χ3v) is 6.65. The lowest BCUT2D eigenvalue weighted by molar-refractivity contribution is 0.340. The molecule has 0 aliphatic carbocycles. The van der Waals surface area contributed by atoms with Crippen LogP contribution in [0.1, 0.15) is 13.8 Å². The van der Waals surface area contributed by atoms with Gasteiger partial charge in [-0.2, -0.15) is 0 Å². The summed E-state index contributed by atoms with van der Waals surface area (Å²) >= 11 is 11.7. The Morgan fingerprint density at radius 3 is 1.95 bits per heavy atom. The maximum Gasteiger partial charge on any atom is 0.261 e. The first-order valence-electron chi connectivity index (χ1n) is 5.73. The van der Waals surface area contributed by atoms with Gasteiger partial charge in [0.1, 0.15) is 6.61 Å². The normalized spacial score (nSPS) is 12.7. The number of benzene rings is 1. The van der Waals surface area contributed by atoms with E-state index in [0.717, 1.165) is 12.1 Å². The van der Waals surface area contributed by atoms with Crippen molar-refractivity contribution in [2.45, 2.75) is 24.0 Å². The first-order chi connectivity index (χ1) is 9.45. The molecule has 120 valence electrons. The Labute approximate surface area is 138 Å². The third kappa shape index (κ3) is 5.17. The van der Waals surface area contributed by atoms with Crippen molar-refractivity contribution in [2.75, 3.05) is 12.4 Å². The maximum atomic E-state index is 11.6. The van der Waals surface area contributed by atoms with Crippen LogP contribution < -0.4 is 4.74 Å². The topological polar surface area (TPSA) is 77.5 Å². The van der Waals surface area contributed by atoms with Gasteiger partial charge in [0.15, 0.2) is 15.6 Å². The molecular weight excluding hydrogens is 383 g/mol. The number of hydrogen-bond acceptors (Lipinski definition) is 5. The summed E-state index contributed by atoms with van der Waals surface area (Å²) in [4.78, 5) is -0.263. The number of ether oxygens (including phenoxy) is 1. The van der Waals surface area contributed by atoms with E-state index in [4.69, 9.17) is 38.6 Å². The third-order valence-electron chi connectivity index (χ3n) is 2.59. The Morgan fingerprint density at radius 1 is 1.10 bits per heavy atom. The van der Waals surface area contributed by atoms with Gasteiger partial charge in [0, 0.05) is 10.7 Å². The van der Waals surface area contributed by atoms with Gasteiger partial charge in [0.2, 0.25) is 0 Å². The standard InChI is InChI=1S/C11H13Cl3O5S2/c1-7(2)20(15,16)4-3-19-11-9(12)5-8(6-10(11)13)21(14,17)18/h5-7H,3-4H2,1-2H3. The predicted molar refractivity (Wildman–Crippen MR) is 83.9 cm³/mol. The van der Waals surface area contributed by atoms with Crippen molar-refractivity contribution in [1.82, 2.24) is 0 Å². The molecule has 1 rings (SSSR count). The Hall–Kier alpha value is -0.210. The van der Waals surface area contributed by atoms with Crippen molar-refractivity contribution in [3.8, 4) is 5.75 Å². The molecule has 21 heavy (non-hydrogen) atoms. The summed E-state index contributed by atoms with van der Waals surface area (Å²) in [6.07, 6.45) is 0. The van der Waals surface area contributed by atoms with Gasteiger partial charge in [0.05, 0.1) is 25.9 Å². The lowest BCUT2D eigenvalue weighted by Gasteiger charge is -2.12. The van der Waals surface area contributed by atoms with Crippen molar-refractivity contribution in [3.05, 3.63) is 22.2 Å². The SMILES string of the molecule is CC(C)S(=O)(=O)CCOc1c(Cl)cc(S(=O)(=O)Cl)cc1Cl. The van der Waals surface area contributed by atoms with E-state index < -0.39 is 24.1 Å². The largest absolute Gasteiger partial charge is 0.489 e. The molecule has 5 nitrogen and oxygen atoms in total. The molecule has 0 heterocycles. The van der Waals surface area contributed by atoms with Gasteiger partial charge in [0.25, 0.3) is 9.05 Å². The Kier molecular flexibility index (Phi) is 6.20. The highest BCUT2D eigenvalue weighted by Gasteiger charge is 2.19. The van der Waals surface area contributed by atoms with Crippen LogP contribution in [0, 0.1) is 0 Å². The van der Waals surface area contributed by atoms with Crippen LogP contribution >= 0.6 is 33.9 Å². The molecule has 0 unspecified atom stereocenters. The molecular formula is C11H13Cl3O5S2. The second kappa shape index (κ2) is 6.91. The molecule has 0 atom stereocenters. The van der Waals surface area contributed by atoms with E-state index in [1.54, 1.807) is 13.8 Å². The molecule has 0 aliphatic heterocycles. The fraction of sp³-hybridized carbons (Fsp3) is 0.455.